The Kier molecular flexibility index (Phi) is 2.18. The van der Waals surface area contributed by atoms with Gasteiger partial charge in [0, 0.05) is 12.1 Å². The van der Waals surface area contributed by atoms with E-state index in [9.17, 15) is 17.7 Å². The lowest BCUT2D eigenvalue weighted by Gasteiger charge is -2.06. The molecule has 0 saturated heterocycles. The van der Waals surface area contributed by atoms with Crippen LogP contribution in [0.5, 0.6) is 0 Å². The van der Waals surface area contributed by atoms with Crippen molar-refractivity contribution >= 4 is 5.69 Å². The van der Waals surface area contributed by atoms with Gasteiger partial charge in [-0.25, -0.2) is 19.0 Å². The second-order valence-electron chi connectivity index (χ2n) is 2.03. The summed E-state index contributed by atoms with van der Waals surface area (Å²) in [4.78, 5) is 0. The Hall–Kier alpha value is -1.30. The summed E-state index contributed by atoms with van der Waals surface area (Å²) in [5, 5.41) is -0.508. The van der Waals surface area contributed by atoms with Gasteiger partial charge in [0.15, 0.2) is 17.5 Å². The third-order valence-corrected chi connectivity index (χ3v) is 1.22. The van der Waals surface area contributed by atoms with Crippen molar-refractivity contribution in [3.63, 3.8) is 0 Å². The summed E-state index contributed by atoms with van der Waals surface area (Å²) in [6.07, 6.45) is 0. The highest BCUT2D eigenvalue weighted by molar-refractivity contribution is 5.43. The van der Waals surface area contributed by atoms with E-state index in [4.69, 9.17) is 0 Å². The van der Waals surface area contributed by atoms with Crippen molar-refractivity contribution in [3.8, 4) is 0 Å². The Balaban J connectivity index is 3.21. The van der Waals surface area contributed by atoms with Crippen molar-refractivity contribution in [3.05, 3.63) is 29.6 Å². The third kappa shape index (κ3) is 1.48. The largest absolute Gasteiger partial charge is 0.218 e. The molecule has 1 aromatic rings. The first kappa shape index (κ1) is 8.79. The average molecular weight is 180 g/mol. The maximum atomic E-state index is 12.3. The summed E-state index contributed by atoms with van der Waals surface area (Å²) in [7, 11) is 0. The summed E-state index contributed by atoms with van der Waals surface area (Å²) in [5.74, 6) is -0.116. The molecule has 0 atom stereocenters. The molecule has 0 aliphatic rings. The van der Waals surface area contributed by atoms with Crippen LogP contribution in [0, 0.1) is 17.5 Å². The molecule has 0 heterocycles. The van der Waals surface area contributed by atoms with E-state index in [2.05, 4.69) is 5.84 Å². The van der Waals surface area contributed by atoms with Crippen molar-refractivity contribution in [2.75, 3.05) is 5.23 Å². The molecule has 1 aromatic carbocycles. The van der Waals surface area contributed by atoms with Crippen molar-refractivity contribution in [2.45, 2.75) is 0 Å². The predicted octanol–water partition coefficient (Wildman–Crippen LogP) is 1.67. The van der Waals surface area contributed by atoms with Crippen LogP contribution >= 0.6 is 0 Å². The molecule has 0 aliphatic heterocycles. The SMILES string of the molecule is NN(F)c1cc(F)c(F)c(F)c1. The summed E-state index contributed by atoms with van der Waals surface area (Å²) in [6, 6.07) is 0.886. The molecule has 0 unspecified atom stereocenters. The molecule has 1 rings (SSSR count). The van der Waals surface area contributed by atoms with Crippen LogP contribution in [0.4, 0.5) is 23.3 Å². The Morgan fingerprint density at radius 2 is 1.50 bits per heavy atom. The fourth-order valence-electron chi connectivity index (χ4n) is 0.665. The van der Waals surface area contributed by atoms with E-state index in [1.165, 1.54) is 0 Å². The zero-order valence-corrected chi connectivity index (χ0v) is 5.69. The van der Waals surface area contributed by atoms with E-state index in [0.717, 1.165) is 0 Å². The maximum absolute atomic E-state index is 12.3. The second kappa shape index (κ2) is 2.98. The zero-order chi connectivity index (χ0) is 9.30. The topological polar surface area (TPSA) is 29.3 Å². The Labute approximate surface area is 65.1 Å². The van der Waals surface area contributed by atoms with Gasteiger partial charge in [-0.15, -0.1) is 5.23 Å². The molecule has 0 fully saturated rings. The lowest BCUT2D eigenvalue weighted by Crippen LogP contribution is -2.20. The summed E-state index contributed by atoms with van der Waals surface area (Å²) in [6.45, 7) is 0. The minimum Gasteiger partial charge on any atom is -0.218 e. The molecule has 12 heavy (non-hydrogen) atoms. The molecule has 2 nitrogen and oxygen atoms in total. The van der Waals surface area contributed by atoms with E-state index >= 15 is 0 Å². The van der Waals surface area contributed by atoms with Gasteiger partial charge in [-0.05, 0) is 0 Å². The zero-order valence-electron chi connectivity index (χ0n) is 5.69. The van der Waals surface area contributed by atoms with Crippen molar-refractivity contribution in [2.24, 2.45) is 5.84 Å². The van der Waals surface area contributed by atoms with Crippen molar-refractivity contribution in [1.29, 1.82) is 0 Å². The van der Waals surface area contributed by atoms with E-state index in [0.29, 0.717) is 12.1 Å². The first-order valence-electron chi connectivity index (χ1n) is 2.87. The van der Waals surface area contributed by atoms with E-state index in [-0.39, 0.29) is 0 Å². The molecule has 6 heteroatoms. The second-order valence-corrected chi connectivity index (χ2v) is 2.03. The minimum atomic E-state index is -1.65. The summed E-state index contributed by atoms with van der Waals surface area (Å²) in [5.41, 5.74) is -0.591. The molecule has 0 radical (unpaired) electrons. The van der Waals surface area contributed by atoms with Crippen LogP contribution in [-0.2, 0) is 0 Å². The van der Waals surface area contributed by atoms with E-state index in [1.54, 1.807) is 0 Å². The van der Waals surface area contributed by atoms with Crippen LogP contribution in [0.25, 0.3) is 0 Å². The molecular formula is C6H4F4N2. The lowest BCUT2D eigenvalue weighted by atomic mass is 10.3. The lowest BCUT2D eigenvalue weighted by molar-refractivity contribution is 0.425. The number of hydrazine groups is 1. The van der Waals surface area contributed by atoms with Crippen molar-refractivity contribution in [1.82, 2.24) is 0 Å². The smallest absolute Gasteiger partial charge is 0.194 e. The first-order valence-corrected chi connectivity index (χ1v) is 2.87. The molecule has 0 amide bonds. The van der Waals surface area contributed by atoms with Gasteiger partial charge >= 0.3 is 0 Å². The van der Waals surface area contributed by atoms with Gasteiger partial charge < -0.3 is 0 Å². The number of rotatable bonds is 1. The Bertz CT molecular complexity index is 277. The van der Waals surface area contributed by atoms with E-state index in [1.807, 2.05) is 0 Å². The summed E-state index contributed by atoms with van der Waals surface area (Å²) >= 11 is 0. The predicted molar refractivity (Wildman–Crippen MR) is 34.1 cm³/mol. The van der Waals surface area contributed by atoms with Gasteiger partial charge in [0.05, 0.1) is 5.69 Å². The monoisotopic (exact) mass is 180 g/mol. The fraction of sp³-hybridized carbons (Fsp3) is 0. The Morgan fingerprint density at radius 3 is 1.83 bits per heavy atom. The molecule has 66 valence electrons. The van der Waals surface area contributed by atoms with Gasteiger partial charge in [-0.2, -0.15) is 0 Å². The molecule has 0 aromatic heterocycles. The standard InChI is InChI=1S/C6H4F4N2/c7-4-1-3(12(10)11)2-5(8)6(4)9/h1-2H,11H2. The number of halogens is 4. The number of benzene rings is 1. The number of nitrogens with zero attached hydrogens (tertiary/aromatic N) is 1. The highest BCUT2D eigenvalue weighted by atomic mass is 19.2. The van der Waals surface area contributed by atoms with E-state index < -0.39 is 28.4 Å². The Morgan fingerprint density at radius 1 is 1.08 bits per heavy atom. The van der Waals surface area contributed by atoms with Gasteiger partial charge in [0.1, 0.15) is 0 Å². The molecular weight excluding hydrogens is 176 g/mol. The molecule has 0 spiro atoms. The van der Waals surface area contributed by atoms with Crippen molar-refractivity contribution < 1.29 is 17.7 Å². The number of hydrogen-bond donors (Lipinski definition) is 1. The highest BCUT2D eigenvalue weighted by Gasteiger charge is 2.12. The van der Waals surface area contributed by atoms with Gasteiger partial charge in [0.25, 0.3) is 0 Å². The molecule has 0 aliphatic carbocycles. The van der Waals surface area contributed by atoms with Crippen LogP contribution < -0.4 is 11.1 Å². The third-order valence-electron chi connectivity index (χ3n) is 1.22. The van der Waals surface area contributed by atoms with Crippen LogP contribution in [0.3, 0.4) is 0 Å². The number of anilines is 1. The normalized spacial score (nSPS) is 10.1. The van der Waals surface area contributed by atoms with Crippen LogP contribution in [0.15, 0.2) is 12.1 Å². The highest BCUT2D eigenvalue weighted by Crippen LogP contribution is 2.19. The van der Waals surface area contributed by atoms with Gasteiger partial charge in [0.2, 0.25) is 0 Å². The maximum Gasteiger partial charge on any atom is 0.194 e. The van der Waals surface area contributed by atoms with Crippen LogP contribution in [0.2, 0.25) is 0 Å². The number of nitrogens with two attached hydrogens (primary N) is 1. The summed E-state index contributed by atoms with van der Waals surface area (Å²) < 4.78 is 49.0. The average Bonchev–Trinajstić information content (AvgIpc) is 1.99. The molecule has 0 bridgehead atoms. The fourth-order valence-corrected chi connectivity index (χ4v) is 0.665. The minimum absolute atomic E-state index is 0.443. The first-order chi connectivity index (χ1) is 5.52. The van der Waals surface area contributed by atoms with Crippen LogP contribution in [0.1, 0.15) is 0 Å². The molecule has 2 N–H and O–H groups in total. The van der Waals surface area contributed by atoms with Gasteiger partial charge in [-0.3, -0.25) is 0 Å². The van der Waals surface area contributed by atoms with Gasteiger partial charge in [-0.1, -0.05) is 4.48 Å². The quantitative estimate of drug-likeness (QED) is 0.234. The molecule has 0 saturated carbocycles. The van der Waals surface area contributed by atoms with Crippen LogP contribution in [-0.4, -0.2) is 0 Å². The number of hydrogen-bond acceptors (Lipinski definition) is 2.